The molecule has 0 aliphatic rings. The molecule has 0 saturated heterocycles. The van der Waals surface area contributed by atoms with Gasteiger partial charge in [0.2, 0.25) is 0 Å². The van der Waals surface area contributed by atoms with Crippen molar-refractivity contribution >= 4 is 15.8 Å². The fraction of sp³-hybridized carbons (Fsp3) is 0.381. The van der Waals surface area contributed by atoms with Gasteiger partial charge in [-0.05, 0) is 44.0 Å². The second-order valence-electron chi connectivity index (χ2n) is 6.33. The molecule has 0 bridgehead atoms. The Morgan fingerprint density at radius 3 is 2.39 bits per heavy atom. The molecule has 0 spiro atoms. The van der Waals surface area contributed by atoms with Gasteiger partial charge in [-0.2, -0.15) is 0 Å². The van der Waals surface area contributed by atoms with Gasteiger partial charge < -0.3 is 15.4 Å². The van der Waals surface area contributed by atoms with Crippen molar-refractivity contribution in [3.05, 3.63) is 59.7 Å². The fourth-order valence-electron chi connectivity index (χ4n) is 2.67. The van der Waals surface area contributed by atoms with Crippen molar-refractivity contribution in [1.82, 2.24) is 10.6 Å². The summed E-state index contributed by atoms with van der Waals surface area (Å²) in [6, 6.07) is 14.9. The predicted octanol–water partition coefficient (Wildman–Crippen LogP) is 2.79. The van der Waals surface area contributed by atoms with E-state index in [2.05, 4.69) is 15.6 Å². The topological polar surface area (TPSA) is 79.8 Å². The van der Waals surface area contributed by atoms with E-state index in [0.29, 0.717) is 24.6 Å². The van der Waals surface area contributed by atoms with Crippen LogP contribution in [0.1, 0.15) is 25.0 Å². The number of nitrogens with zero attached hydrogens (tertiary/aromatic N) is 1. The number of sulfone groups is 1. The molecular weight excluding hydrogens is 374 g/mol. The Balaban J connectivity index is 1.94. The molecule has 2 N–H and O–H groups in total. The molecule has 2 aromatic carbocycles. The Morgan fingerprint density at radius 1 is 1.04 bits per heavy atom. The molecule has 7 heteroatoms. The van der Waals surface area contributed by atoms with Crippen LogP contribution < -0.4 is 15.4 Å². The molecule has 0 atom stereocenters. The van der Waals surface area contributed by atoms with Crippen molar-refractivity contribution in [2.45, 2.75) is 31.7 Å². The quantitative estimate of drug-likeness (QED) is 0.497. The van der Waals surface area contributed by atoms with Crippen molar-refractivity contribution in [3.63, 3.8) is 0 Å². The maximum absolute atomic E-state index is 11.5. The first kappa shape index (κ1) is 21.8. The first-order valence-corrected chi connectivity index (χ1v) is 11.3. The van der Waals surface area contributed by atoms with Crippen LogP contribution >= 0.6 is 0 Å². The SMILES string of the molecule is CCNC(=NCc1ccccc1OCC)NCCc1ccc(S(C)(=O)=O)cc1. The van der Waals surface area contributed by atoms with Gasteiger partial charge in [-0.3, -0.25) is 0 Å². The van der Waals surface area contributed by atoms with E-state index in [4.69, 9.17) is 4.74 Å². The molecule has 0 heterocycles. The van der Waals surface area contributed by atoms with Crippen molar-refractivity contribution in [2.75, 3.05) is 26.0 Å². The monoisotopic (exact) mass is 403 g/mol. The molecule has 0 unspecified atom stereocenters. The van der Waals surface area contributed by atoms with Gasteiger partial charge in [-0.25, -0.2) is 13.4 Å². The summed E-state index contributed by atoms with van der Waals surface area (Å²) < 4.78 is 28.7. The molecule has 2 rings (SSSR count). The van der Waals surface area contributed by atoms with Crippen molar-refractivity contribution in [3.8, 4) is 5.75 Å². The maximum atomic E-state index is 11.5. The summed E-state index contributed by atoms with van der Waals surface area (Å²) in [7, 11) is -3.16. The lowest BCUT2D eigenvalue weighted by molar-refractivity contribution is 0.336. The van der Waals surface area contributed by atoms with Crippen molar-refractivity contribution in [2.24, 2.45) is 4.99 Å². The molecule has 2 aromatic rings. The van der Waals surface area contributed by atoms with Crippen LogP contribution in [0.2, 0.25) is 0 Å². The lowest BCUT2D eigenvalue weighted by Crippen LogP contribution is -2.38. The molecule has 0 aliphatic heterocycles. The van der Waals surface area contributed by atoms with Crippen molar-refractivity contribution < 1.29 is 13.2 Å². The molecule has 152 valence electrons. The second kappa shape index (κ2) is 10.7. The Kier molecular flexibility index (Phi) is 8.32. The van der Waals surface area contributed by atoms with Crippen LogP contribution in [0.3, 0.4) is 0 Å². The van der Waals surface area contributed by atoms with Gasteiger partial charge >= 0.3 is 0 Å². The van der Waals surface area contributed by atoms with E-state index in [9.17, 15) is 8.42 Å². The van der Waals surface area contributed by atoms with Crippen molar-refractivity contribution in [1.29, 1.82) is 0 Å². The van der Waals surface area contributed by atoms with E-state index >= 15 is 0 Å². The lowest BCUT2D eigenvalue weighted by Gasteiger charge is -2.13. The molecule has 28 heavy (non-hydrogen) atoms. The average Bonchev–Trinajstić information content (AvgIpc) is 2.67. The number of ether oxygens (including phenoxy) is 1. The number of guanidine groups is 1. The summed E-state index contributed by atoms with van der Waals surface area (Å²) in [6.07, 6.45) is 1.98. The van der Waals surface area contributed by atoms with E-state index in [0.717, 1.165) is 35.8 Å². The van der Waals surface area contributed by atoms with Gasteiger partial charge in [0, 0.05) is 24.9 Å². The number of nitrogens with one attached hydrogen (secondary N) is 2. The minimum Gasteiger partial charge on any atom is -0.494 e. The Morgan fingerprint density at radius 2 is 1.75 bits per heavy atom. The third kappa shape index (κ3) is 6.88. The van der Waals surface area contributed by atoms with Crippen LogP contribution in [0.5, 0.6) is 5.75 Å². The van der Waals surface area contributed by atoms with E-state index < -0.39 is 9.84 Å². The summed E-state index contributed by atoms with van der Waals surface area (Å²) in [5.41, 5.74) is 2.11. The van der Waals surface area contributed by atoms with Crippen LogP contribution in [0.25, 0.3) is 0 Å². The number of hydrogen-bond acceptors (Lipinski definition) is 4. The first-order valence-electron chi connectivity index (χ1n) is 9.46. The lowest BCUT2D eigenvalue weighted by atomic mass is 10.1. The number of aliphatic imine (C=N–C) groups is 1. The van der Waals surface area contributed by atoms with Gasteiger partial charge in [0.1, 0.15) is 5.75 Å². The molecule has 6 nitrogen and oxygen atoms in total. The number of rotatable bonds is 9. The fourth-order valence-corrected chi connectivity index (χ4v) is 3.30. The maximum Gasteiger partial charge on any atom is 0.191 e. The minimum absolute atomic E-state index is 0.340. The van der Waals surface area contributed by atoms with Gasteiger partial charge in [-0.1, -0.05) is 30.3 Å². The standard InChI is InChI=1S/C21H29N3O3S/c1-4-22-21(24-16-18-8-6-7-9-20(18)27-5-2)23-15-14-17-10-12-19(13-11-17)28(3,25)26/h6-13H,4-5,14-16H2,1-3H3,(H2,22,23,24). The number of hydrogen-bond donors (Lipinski definition) is 2. The summed E-state index contributed by atoms with van der Waals surface area (Å²) in [4.78, 5) is 4.98. The van der Waals surface area contributed by atoms with Crippen LogP contribution in [0.15, 0.2) is 58.4 Å². The highest BCUT2D eigenvalue weighted by Gasteiger charge is 2.06. The largest absolute Gasteiger partial charge is 0.494 e. The zero-order valence-corrected chi connectivity index (χ0v) is 17.6. The second-order valence-corrected chi connectivity index (χ2v) is 8.34. The molecule has 0 saturated carbocycles. The van der Waals surface area contributed by atoms with Crippen LogP contribution in [-0.4, -0.2) is 40.3 Å². The highest BCUT2D eigenvalue weighted by molar-refractivity contribution is 7.90. The number of para-hydroxylation sites is 1. The molecule has 0 aliphatic carbocycles. The molecule has 0 aromatic heterocycles. The summed E-state index contributed by atoms with van der Waals surface area (Å²) in [5.74, 6) is 1.59. The van der Waals surface area contributed by atoms with Gasteiger partial charge in [-0.15, -0.1) is 0 Å². The first-order chi connectivity index (χ1) is 13.4. The third-order valence-electron chi connectivity index (χ3n) is 4.08. The smallest absolute Gasteiger partial charge is 0.191 e. The molecule has 0 radical (unpaired) electrons. The molecule has 0 fully saturated rings. The Bertz CT molecular complexity index is 878. The molecular formula is C21H29N3O3S. The van der Waals surface area contributed by atoms with E-state index in [1.807, 2.05) is 50.2 Å². The number of benzene rings is 2. The third-order valence-corrected chi connectivity index (χ3v) is 5.21. The van der Waals surface area contributed by atoms with Crippen LogP contribution in [0.4, 0.5) is 0 Å². The summed E-state index contributed by atoms with van der Waals surface area (Å²) in [5, 5.41) is 6.55. The average molecular weight is 404 g/mol. The predicted molar refractivity (Wildman–Crippen MR) is 114 cm³/mol. The zero-order chi connectivity index (χ0) is 20.4. The summed E-state index contributed by atoms with van der Waals surface area (Å²) >= 11 is 0. The highest BCUT2D eigenvalue weighted by atomic mass is 32.2. The normalized spacial score (nSPS) is 11.9. The Hall–Kier alpha value is -2.54. The van der Waals surface area contributed by atoms with Crippen LogP contribution in [0, 0.1) is 0 Å². The van der Waals surface area contributed by atoms with Gasteiger partial charge in [0.25, 0.3) is 0 Å². The van der Waals surface area contributed by atoms with E-state index in [-0.39, 0.29) is 0 Å². The highest BCUT2D eigenvalue weighted by Crippen LogP contribution is 2.18. The Labute approximate surface area is 168 Å². The summed E-state index contributed by atoms with van der Waals surface area (Å²) in [6.45, 7) is 6.59. The van der Waals surface area contributed by atoms with Gasteiger partial charge in [0.15, 0.2) is 15.8 Å². The van der Waals surface area contributed by atoms with Crippen LogP contribution in [-0.2, 0) is 22.8 Å². The molecule has 0 amide bonds. The van der Waals surface area contributed by atoms with E-state index in [1.165, 1.54) is 6.26 Å². The zero-order valence-electron chi connectivity index (χ0n) is 16.7. The van der Waals surface area contributed by atoms with Gasteiger partial charge in [0.05, 0.1) is 18.0 Å². The minimum atomic E-state index is -3.16. The van der Waals surface area contributed by atoms with E-state index in [1.54, 1.807) is 12.1 Å².